The number of carbonyl (C=O) groups excluding carboxylic acids is 3. The predicted octanol–water partition coefficient (Wildman–Crippen LogP) is 4.43. The van der Waals surface area contributed by atoms with Gasteiger partial charge in [-0.05, 0) is 114 Å². The van der Waals surface area contributed by atoms with Gasteiger partial charge in [0.1, 0.15) is 81.9 Å². The Labute approximate surface area is 581 Å². The van der Waals surface area contributed by atoms with Crippen LogP contribution in [0.4, 0.5) is 17.5 Å². The monoisotopic (exact) mass is 1410 g/mol. The Morgan fingerprint density at radius 2 is 0.830 bits per heavy atom. The van der Waals surface area contributed by atoms with Crippen LogP contribution in [0.25, 0.3) is 32.7 Å². The van der Waals surface area contributed by atoms with Crippen molar-refractivity contribution in [1.29, 1.82) is 0 Å². The van der Waals surface area contributed by atoms with Crippen molar-refractivity contribution in [1.82, 2.24) is 58.3 Å². The maximum Gasteiger partial charge on any atom is 0.317 e. The third kappa shape index (κ3) is 15.7. The Hall–Kier alpha value is -9.48. The standard InChI is InChI=1S/C23H28N6O4S.C22H26N6O5.C22H26N6O4S/c1-32-20-17(33-13-15(30)12-28-8-3-2-4-9-28)6-5-16-19(20)26-23(29-10-7-25-21(16)29)27-22(31)18-11-24-14-34-18;2*1-31-19-16(32-12-14(29)11-27-7-2-3-8-27)5-4-15-18(19)25-22(28-9-6-24-20(15)28)26-21(30)17-10-23-13-33-17/h5-6,11,14-15,25,30H,2-4,7-10,12-13H2,1H3;2*4-5,10,13-14,24,29H,2-3,6-9,11-12H2,1H3/t15-;2*14-/m111/s1. The number of hydrogen-bond donors (Lipinski definition) is 6. The van der Waals surface area contributed by atoms with Gasteiger partial charge in [-0.3, -0.25) is 38.1 Å². The normalized spacial score (nSPS) is 17.3. The van der Waals surface area contributed by atoms with E-state index in [0.717, 1.165) is 72.9 Å². The van der Waals surface area contributed by atoms with E-state index in [4.69, 9.17) is 37.8 Å². The van der Waals surface area contributed by atoms with Crippen LogP contribution in [0.5, 0.6) is 34.5 Å². The zero-order valence-corrected chi connectivity index (χ0v) is 57.4. The van der Waals surface area contributed by atoms with Crippen LogP contribution in [-0.2, 0) is 19.6 Å². The summed E-state index contributed by atoms with van der Waals surface area (Å²) >= 11 is 2.48. The number of aromatic nitrogens is 9. The van der Waals surface area contributed by atoms with Crippen molar-refractivity contribution in [2.24, 2.45) is 15.0 Å². The van der Waals surface area contributed by atoms with Gasteiger partial charge in [0.05, 0.1) is 50.9 Å². The second kappa shape index (κ2) is 32.2. The average Bonchev–Trinajstić information content (AvgIpc) is 1.38. The molecule has 6 N–H and O–H groups in total. The first-order chi connectivity index (χ1) is 48.9. The van der Waals surface area contributed by atoms with Crippen LogP contribution >= 0.6 is 22.7 Å². The largest absolute Gasteiger partial charge is 0.491 e. The maximum absolute atomic E-state index is 12.6. The molecule has 0 bridgehead atoms. The first kappa shape index (κ1) is 69.0. The number of thiazole rings is 2. The minimum Gasteiger partial charge on any atom is -0.491 e. The molecular formula is C67H80N18O13S2. The number of aliphatic hydroxyl groups is 3. The highest BCUT2D eigenvalue weighted by Gasteiger charge is 2.27. The minimum absolute atomic E-state index is 0.0354. The van der Waals surface area contributed by atoms with Gasteiger partial charge in [0.25, 0.3) is 11.8 Å². The molecule has 100 heavy (non-hydrogen) atoms. The number of carbonyl (C=O) groups is 3. The van der Waals surface area contributed by atoms with Crippen molar-refractivity contribution in [3.63, 3.8) is 0 Å². The Morgan fingerprint density at radius 1 is 0.480 bits per heavy atom. The quantitative estimate of drug-likeness (QED) is 0.0579. The number of rotatable bonds is 21. The van der Waals surface area contributed by atoms with Crippen LogP contribution in [0.3, 0.4) is 0 Å². The topological polar surface area (TPSA) is 355 Å². The number of ether oxygens (including phenoxy) is 6. The van der Waals surface area contributed by atoms with E-state index in [0.29, 0.717) is 131 Å². The molecular weight excluding hydrogens is 1330 g/mol. The molecule has 33 heteroatoms. The molecule has 6 aromatic heterocycles. The molecule has 0 aliphatic carbocycles. The Morgan fingerprint density at radius 3 is 1.15 bits per heavy atom. The smallest absolute Gasteiger partial charge is 0.317 e. The minimum atomic E-state index is -0.612. The van der Waals surface area contributed by atoms with Crippen LogP contribution in [0.1, 0.15) is 74.8 Å². The zero-order valence-electron chi connectivity index (χ0n) is 55.8. The van der Waals surface area contributed by atoms with E-state index in [1.165, 1.54) is 99.7 Å². The van der Waals surface area contributed by atoms with Crippen LogP contribution in [0.2, 0.25) is 0 Å². The molecule has 15 rings (SSSR count). The van der Waals surface area contributed by atoms with Gasteiger partial charge in [0.2, 0.25) is 22.6 Å². The number of piperidine rings is 1. The van der Waals surface area contributed by atoms with Gasteiger partial charge in [-0.1, -0.05) is 6.42 Å². The third-order valence-electron chi connectivity index (χ3n) is 17.8. The lowest BCUT2D eigenvalue weighted by Crippen LogP contribution is -2.38. The summed E-state index contributed by atoms with van der Waals surface area (Å²) in [4.78, 5) is 83.7. The SMILES string of the molecule is COc1c(OC[C@H](O)CN2CCCC2)ccc2c3n(c(=NC(=O)c4cnco4)nc12)CCN3.COc1c(OC[C@H](O)CN2CCCC2)ccc2c3n(c(=NC(=O)c4cncs4)nc12)CCN3.COc1c(OC[C@H](O)CN2CCCCC2)ccc2c3n(c(=NC(=O)c4cncs4)nc12)CCN3. The molecule has 6 aliphatic rings. The Bertz CT molecular complexity index is 4400. The van der Waals surface area contributed by atoms with Crippen molar-refractivity contribution >= 4 is 90.6 Å². The molecule has 6 aliphatic heterocycles. The number of benzene rings is 3. The summed E-state index contributed by atoms with van der Waals surface area (Å²) in [6.07, 6.45) is 12.0. The highest BCUT2D eigenvalue weighted by Crippen LogP contribution is 2.40. The molecule has 3 aromatic carbocycles. The summed E-state index contributed by atoms with van der Waals surface area (Å²) in [6, 6.07) is 11.2. The van der Waals surface area contributed by atoms with Gasteiger partial charge < -0.3 is 78.8 Å². The van der Waals surface area contributed by atoms with Crippen LogP contribution in [0, 0.1) is 0 Å². The van der Waals surface area contributed by atoms with Gasteiger partial charge in [-0.25, -0.2) is 19.9 Å². The molecule has 3 fully saturated rings. The van der Waals surface area contributed by atoms with Crippen molar-refractivity contribution in [3.05, 3.63) is 105 Å². The summed E-state index contributed by atoms with van der Waals surface area (Å²) < 4.78 is 45.5. The van der Waals surface area contributed by atoms with E-state index in [1.54, 1.807) is 25.2 Å². The van der Waals surface area contributed by atoms with Gasteiger partial charge >= 0.3 is 5.91 Å². The fourth-order valence-corrected chi connectivity index (χ4v) is 14.1. The van der Waals surface area contributed by atoms with Crippen molar-refractivity contribution in [3.8, 4) is 34.5 Å². The number of β-amino-alcohol motifs (C(OH)–C–C–N with tert-alkyl or cyclic N) is 3. The van der Waals surface area contributed by atoms with Gasteiger partial charge in [0, 0.05) is 75.1 Å². The number of nitrogens with zero attached hydrogens (tertiary/aromatic N) is 15. The highest BCUT2D eigenvalue weighted by molar-refractivity contribution is 7.12. The van der Waals surface area contributed by atoms with Crippen LogP contribution < -0.4 is 61.2 Å². The number of anilines is 3. The number of methoxy groups -OCH3 is 3. The molecule has 0 unspecified atom stereocenters. The summed E-state index contributed by atoms with van der Waals surface area (Å²) in [6.45, 7) is 12.3. The predicted molar refractivity (Wildman–Crippen MR) is 371 cm³/mol. The Kier molecular flexibility index (Phi) is 22.2. The number of oxazole rings is 1. The van der Waals surface area contributed by atoms with E-state index in [1.807, 2.05) is 50.1 Å². The lowest BCUT2D eigenvalue weighted by atomic mass is 10.1. The van der Waals surface area contributed by atoms with E-state index in [-0.39, 0.29) is 43.0 Å². The maximum atomic E-state index is 12.6. The number of likely N-dealkylation sites (tertiary alicyclic amines) is 3. The molecule has 528 valence electrons. The van der Waals surface area contributed by atoms with Crippen LogP contribution in [-0.4, -0.2) is 229 Å². The lowest BCUT2D eigenvalue weighted by Gasteiger charge is -2.28. The summed E-state index contributed by atoms with van der Waals surface area (Å²) in [5.41, 5.74) is 5.62. The van der Waals surface area contributed by atoms with E-state index in [2.05, 4.69) is 70.5 Å². The molecule has 0 radical (unpaired) electrons. The van der Waals surface area contributed by atoms with Crippen molar-refractivity contribution < 1.29 is 62.5 Å². The fourth-order valence-electron chi connectivity index (χ4n) is 13.1. The number of nitrogens with one attached hydrogen (secondary N) is 3. The first-order valence-electron chi connectivity index (χ1n) is 33.5. The Balaban J connectivity index is 0.000000134. The summed E-state index contributed by atoms with van der Waals surface area (Å²) in [5.74, 6) is 3.89. The molecule has 3 saturated heterocycles. The van der Waals surface area contributed by atoms with Crippen molar-refractivity contribution in [2.45, 2.75) is 82.9 Å². The number of fused-ring (bicyclic) bond motifs is 9. The molecule has 0 saturated carbocycles. The van der Waals surface area contributed by atoms with E-state index >= 15 is 0 Å². The molecule has 31 nitrogen and oxygen atoms in total. The lowest BCUT2D eigenvalue weighted by molar-refractivity contribution is 0.0609. The summed E-state index contributed by atoms with van der Waals surface area (Å²) in [7, 11) is 4.64. The molecule has 3 atom stereocenters. The van der Waals surface area contributed by atoms with Gasteiger partial charge in [-0.15, -0.1) is 22.7 Å². The number of aliphatic hydroxyl groups excluding tert-OH is 3. The van der Waals surface area contributed by atoms with E-state index < -0.39 is 24.2 Å². The molecule has 3 amide bonds. The van der Waals surface area contributed by atoms with E-state index in [9.17, 15) is 29.7 Å². The zero-order chi connectivity index (χ0) is 69.1. The highest BCUT2D eigenvalue weighted by atomic mass is 32.1. The first-order valence-corrected chi connectivity index (χ1v) is 35.3. The summed E-state index contributed by atoms with van der Waals surface area (Å²) in [5, 5.41) is 43.9. The number of hydrogen-bond acceptors (Lipinski definition) is 27. The fraction of sp³-hybridized carbons (Fsp3) is 0.463. The second-order valence-electron chi connectivity index (χ2n) is 24.6. The third-order valence-corrected chi connectivity index (χ3v) is 19.3. The molecule has 9 aromatic rings. The van der Waals surface area contributed by atoms with Crippen LogP contribution in [0.15, 0.2) is 91.8 Å². The molecule has 0 spiro atoms. The van der Waals surface area contributed by atoms with Crippen molar-refractivity contribution in [2.75, 3.05) is 136 Å². The van der Waals surface area contributed by atoms with Gasteiger partial charge in [-0.2, -0.15) is 15.0 Å². The number of amides is 3. The molecule has 12 heterocycles. The average molecular weight is 1410 g/mol. The van der Waals surface area contributed by atoms with Gasteiger partial charge in [0.15, 0.2) is 40.9 Å². The second-order valence-corrected chi connectivity index (χ2v) is 26.4.